The van der Waals surface area contributed by atoms with Crippen LogP contribution in [0.2, 0.25) is 0 Å². The average Bonchev–Trinajstić information content (AvgIpc) is 2.72. The van der Waals surface area contributed by atoms with Crippen LogP contribution >= 0.6 is 11.3 Å². The third kappa shape index (κ3) is 1.51. The maximum absolute atomic E-state index is 5.85. The second-order valence-electron chi connectivity index (χ2n) is 3.78. The van der Waals surface area contributed by atoms with Gasteiger partial charge in [-0.15, -0.1) is 11.3 Å². The van der Waals surface area contributed by atoms with Gasteiger partial charge in [-0.25, -0.2) is 0 Å². The Labute approximate surface area is 97.0 Å². The lowest BCUT2D eigenvalue weighted by molar-refractivity contribution is 0.728. The van der Waals surface area contributed by atoms with Gasteiger partial charge in [-0.2, -0.15) is 0 Å². The third-order valence-corrected chi connectivity index (χ3v) is 3.67. The van der Waals surface area contributed by atoms with Crippen molar-refractivity contribution in [3.05, 3.63) is 45.4 Å². The zero-order chi connectivity index (χ0) is 11.0. The number of hydrogen-bond acceptors (Lipinski definition) is 4. The van der Waals surface area contributed by atoms with Crippen molar-refractivity contribution in [2.24, 2.45) is 4.99 Å². The summed E-state index contributed by atoms with van der Waals surface area (Å²) < 4.78 is 1.05. The summed E-state index contributed by atoms with van der Waals surface area (Å²) >= 11 is 1.61. The minimum atomic E-state index is 0.216. The Morgan fingerprint density at radius 3 is 2.94 bits per heavy atom. The molecule has 80 valence electrons. The van der Waals surface area contributed by atoms with Gasteiger partial charge in [0.2, 0.25) is 0 Å². The zero-order valence-electron chi connectivity index (χ0n) is 8.63. The minimum Gasteiger partial charge on any atom is -0.398 e. The normalized spacial score (nSPS) is 18.4. The molecule has 2 aromatic heterocycles. The van der Waals surface area contributed by atoms with Crippen LogP contribution in [-0.4, -0.2) is 4.98 Å². The smallest absolute Gasteiger partial charge is 0.120 e. The van der Waals surface area contributed by atoms with Crippen LogP contribution in [0.1, 0.15) is 18.0 Å². The van der Waals surface area contributed by atoms with E-state index in [0.717, 1.165) is 22.0 Å². The van der Waals surface area contributed by atoms with Gasteiger partial charge >= 0.3 is 0 Å². The van der Waals surface area contributed by atoms with Gasteiger partial charge in [0.1, 0.15) is 4.67 Å². The quantitative estimate of drug-likeness (QED) is 0.800. The Balaban J connectivity index is 2.08. The van der Waals surface area contributed by atoms with Crippen molar-refractivity contribution in [3.63, 3.8) is 0 Å². The van der Waals surface area contributed by atoms with Crippen molar-refractivity contribution < 1.29 is 0 Å². The highest BCUT2D eigenvalue weighted by atomic mass is 32.1. The summed E-state index contributed by atoms with van der Waals surface area (Å²) in [6.07, 6.45) is 6.71. The molecule has 0 saturated carbocycles. The van der Waals surface area contributed by atoms with Crippen molar-refractivity contribution >= 4 is 23.1 Å². The number of rotatable bonds is 1. The van der Waals surface area contributed by atoms with Crippen molar-refractivity contribution in [1.29, 1.82) is 0 Å². The molecule has 3 nitrogen and oxygen atoms in total. The van der Waals surface area contributed by atoms with Crippen LogP contribution in [0.25, 0.3) is 6.08 Å². The zero-order valence-corrected chi connectivity index (χ0v) is 9.45. The SMILES string of the molecule is Nc1csc2c1=CCC(c1ccncc1)N=2. The van der Waals surface area contributed by atoms with Crippen molar-refractivity contribution in [1.82, 2.24) is 4.98 Å². The molecule has 0 saturated heterocycles. The molecule has 0 fully saturated rings. The van der Waals surface area contributed by atoms with E-state index in [9.17, 15) is 0 Å². The molecule has 0 radical (unpaired) electrons. The second kappa shape index (κ2) is 3.72. The average molecular weight is 229 g/mol. The van der Waals surface area contributed by atoms with E-state index in [1.165, 1.54) is 5.56 Å². The topological polar surface area (TPSA) is 51.3 Å². The lowest BCUT2D eigenvalue weighted by atomic mass is 10.0. The van der Waals surface area contributed by atoms with Crippen LogP contribution in [0.4, 0.5) is 5.69 Å². The van der Waals surface area contributed by atoms with Gasteiger partial charge in [0.25, 0.3) is 0 Å². The molecule has 1 aliphatic rings. The summed E-state index contributed by atoms with van der Waals surface area (Å²) in [5.74, 6) is 0. The lowest BCUT2D eigenvalue weighted by Gasteiger charge is -2.12. The fraction of sp³-hybridized carbons (Fsp3) is 0.167. The molecular weight excluding hydrogens is 218 g/mol. The fourth-order valence-electron chi connectivity index (χ4n) is 1.89. The number of anilines is 1. The van der Waals surface area contributed by atoms with Crippen LogP contribution in [-0.2, 0) is 0 Å². The van der Waals surface area contributed by atoms with E-state index in [4.69, 9.17) is 10.7 Å². The van der Waals surface area contributed by atoms with Crippen molar-refractivity contribution in [2.75, 3.05) is 5.73 Å². The molecule has 16 heavy (non-hydrogen) atoms. The summed E-state index contributed by atoms with van der Waals surface area (Å²) in [6.45, 7) is 0. The molecule has 0 bridgehead atoms. The molecule has 1 aliphatic heterocycles. The molecule has 2 aromatic rings. The number of nitrogens with two attached hydrogens (primary N) is 1. The molecule has 3 heterocycles. The lowest BCUT2D eigenvalue weighted by Crippen LogP contribution is -2.26. The van der Waals surface area contributed by atoms with Gasteiger partial charge in [-0.05, 0) is 24.1 Å². The minimum absolute atomic E-state index is 0.216. The van der Waals surface area contributed by atoms with Crippen LogP contribution in [0.15, 0.2) is 34.9 Å². The highest BCUT2D eigenvalue weighted by molar-refractivity contribution is 7.07. The summed E-state index contributed by atoms with van der Waals surface area (Å²) in [7, 11) is 0. The van der Waals surface area contributed by atoms with E-state index in [1.54, 1.807) is 11.3 Å². The highest BCUT2D eigenvalue weighted by Gasteiger charge is 2.12. The summed E-state index contributed by atoms with van der Waals surface area (Å²) in [5.41, 5.74) is 7.91. The fourth-order valence-corrected chi connectivity index (χ4v) is 2.78. The second-order valence-corrected chi connectivity index (χ2v) is 4.63. The van der Waals surface area contributed by atoms with E-state index in [1.807, 2.05) is 29.9 Å². The highest BCUT2D eigenvalue weighted by Crippen LogP contribution is 2.22. The summed E-state index contributed by atoms with van der Waals surface area (Å²) in [5, 5.41) is 3.06. The van der Waals surface area contributed by atoms with Crippen LogP contribution in [0.3, 0.4) is 0 Å². The first-order chi connectivity index (χ1) is 7.84. The molecule has 4 heteroatoms. The molecular formula is C12H11N3S. The standard InChI is InChI=1S/C12H11N3S/c13-10-7-16-12-9(10)1-2-11(15-12)8-3-5-14-6-4-8/h1,3-7,11H,2,13H2. The first kappa shape index (κ1) is 9.54. The van der Waals surface area contributed by atoms with Gasteiger partial charge in [0.05, 0.1) is 11.7 Å². The summed E-state index contributed by atoms with van der Waals surface area (Å²) in [4.78, 5) is 8.74. The number of nitrogens with zero attached hydrogens (tertiary/aromatic N) is 2. The van der Waals surface area contributed by atoms with Crippen LogP contribution in [0, 0.1) is 0 Å². The molecule has 0 aromatic carbocycles. The number of pyridine rings is 1. The van der Waals surface area contributed by atoms with E-state index in [2.05, 4.69) is 11.1 Å². The predicted molar refractivity (Wildman–Crippen MR) is 65.6 cm³/mol. The van der Waals surface area contributed by atoms with E-state index >= 15 is 0 Å². The van der Waals surface area contributed by atoms with E-state index in [-0.39, 0.29) is 6.04 Å². The van der Waals surface area contributed by atoms with E-state index < -0.39 is 0 Å². The molecule has 0 amide bonds. The number of thiophene rings is 1. The Kier molecular flexibility index (Phi) is 2.22. The van der Waals surface area contributed by atoms with Gasteiger partial charge in [-0.1, -0.05) is 6.08 Å². The number of fused-ring (bicyclic) bond motifs is 1. The van der Waals surface area contributed by atoms with Crippen molar-refractivity contribution in [2.45, 2.75) is 12.5 Å². The molecule has 0 aliphatic carbocycles. The maximum Gasteiger partial charge on any atom is 0.120 e. The van der Waals surface area contributed by atoms with Gasteiger partial charge in [0.15, 0.2) is 0 Å². The maximum atomic E-state index is 5.85. The Morgan fingerprint density at radius 2 is 2.12 bits per heavy atom. The van der Waals surface area contributed by atoms with Gasteiger partial charge in [-0.3, -0.25) is 9.98 Å². The largest absolute Gasteiger partial charge is 0.398 e. The Morgan fingerprint density at radius 1 is 1.31 bits per heavy atom. The number of nitrogen functional groups attached to an aromatic ring is 1. The third-order valence-electron chi connectivity index (χ3n) is 2.75. The first-order valence-corrected chi connectivity index (χ1v) is 6.03. The Bertz CT molecular complexity index is 615. The van der Waals surface area contributed by atoms with Gasteiger partial charge < -0.3 is 5.73 Å². The van der Waals surface area contributed by atoms with Crippen molar-refractivity contribution in [3.8, 4) is 0 Å². The molecule has 3 rings (SSSR count). The molecule has 1 unspecified atom stereocenters. The number of hydrogen-bond donors (Lipinski definition) is 1. The van der Waals surface area contributed by atoms with Gasteiger partial charge in [0, 0.05) is 23.0 Å². The molecule has 2 N–H and O–H groups in total. The van der Waals surface area contributed by atoms with E-state index in [0.29, 0.717) is 0 Å². The first-order valence-electron chi connectivity index (χ1n) is 5.15. The predicted octanol–water partition coefficient (Wildman–Crippen LogP) is 1.27. The number of aromatic nitrogens is 1. The van der Waals surface area contributed by atoms with Crippen LogP contribution in [0.5, 0.6) is 0 Å². The Hall–Kier alpha value is -1.68. The molecule has 1 atom stereocenters. The molecule has 0 spiro atoms. The summed E-state index contributed by atoms with van der Waals surface area (Å²) in [6, 6.07) is 4.25. The van der Waals surface area contributed by atoms with Crippen LogP contribution < -0.4 is 15.6 Å². The monoisotopic (exact) mass is 229 g/mol.